The van der Waals surface area contributed by atoms with Crippen molar-refractivity contribution in [1.29, 1.82) is 0 Å². The molecular formula is C16H29N5O. The van der Waals surface area contributed by atoms with Gasteiger partial charge in [-0.2, -0.15) is 5.10 Å². The Bertz CT molecular complexity index is 497. The van der Waals surface area contributed by atoms with Crippen LogP contribution in [0.15, 0.2) is 6.07 Å². The highest BCUT2D eigenvalue weighted by Gasteiger charge is 2.24. The number of amides is 1. The third-order valence-corrected chi connectivity index (χ3v) is 4.32. The lowest BCUT2D eigenvalue weighted by Gasteiger charge is -2.20. The number of hydrogen-bond acceptors (Lipinski definition) is 4. The fourth-order valence-corrected chi connectivity index (χ4v) is 2.99. The molecule has 0 aliphatic carbocycles. The highest BCUT2D eigenvalue weighted by atomic mass is 16.2. The smallest absolute Gasteiger partial charge is 0.234 e. The van der Waals surface area contributed by atoms with E-state index in [0.29, 0.717) is 19.1 Å². The minimum absolute atomic E-state index is 0.132. The minimum atomic E-state index is 0.132. The number of carbonyl (C=O) groups is 1. The van der Waals surface area contributed by atoms with Gasteiger partial charge in [-0.05, 0) is 46.9 Å². The van der Waals surface area contributed by atoms with Crippen molar-refractivity contribution in [1.82, 2.24) is 24.9 Å². The molecule has 0 radical (unpaired) electrons. The lowest BCUT2D eigenvalue weighted by Crippen LogP contribution is -2.38. The molecule has 6 heteroatoms. The summed E-state index contributed by atoms with van der Waals surface area (Å²) < 4.78 is 2.00. The van der Waals surface area contributed by atoms with Crippen LogP contribution < -0.4 is 5.32 Å². The fourth-order valence-electron chi connectivity index (χ4n) is 2.99. The molecule has 1 saturated heterocycles. The maximum absolute atomic E-state index is 12.0. The summed E-state index contributed by atoms with van der Waals surface area (Å²) in [4.78, 5) is 16.4. The number of nitrogens with zero attached hydrogens (tertiary/aromatic N) is 4. The van der Waals surface area contributed by atoms with Crippen LogP contribution in [0.1, 0.15) is 24.2 Å². The summed E-state index contributed by atoms with van der Waals surface area (Å²) in [7, 11) is 4.21. The second-order valence-corrected chi connectivity index (χ2v) is 6.49. The number of likely N-dealkylation sites (N-methyl/N-ethyl adjacent to an activating group) is 1. The van der Waals surface area contributed by atoms with Gasteiger partial charge in [0.1, 0.15) is 0 Å². The molecule has 2 heterocycles. The van der Waals surface area contributed by atoms with Crippen LogP contribution >= 0.6 is 0 Å². The van der Waals surface area contributed by atoms with Crippen molar-refractivity contribution >= 4 is 5.91 Å². The van der Waals surface area contributed by atoms with Crippen molar-refractivity contribution in [2.45, 2.75) is 39.3 Å². The SMILES string of the molecule is Cc1cc(C)n(CCCNC(=O)CN2CC[C@@H](N(C)C)C2)n1. The maximum Gasteiger partial charge on any atom is 0.234 e. The molecule has 0 aromatic carbocycles. The van der Waals surface area contributed by atoms with Crippen LogP contribution in [0.3, 0.4) is 0 Å². The van der Waals surface area contributed by atoms with E-state index >= 15 is 0 Å². The molecule has 1 amide bonds. The lowest BCUT2D eigenvalue weighted by atomic mass is 10.2. The first-order chi connectivity index (χ1) is 10.5. The number of aromatic nitrogens is 2. The number of aryl methyl sites for hydroxylation is 3. The summed E-state index contributed by atoms with van der Waals surface area (Å²) in [6.07, 6.45) is 2.06. The van der Waals surface area contributed by atoms with Gasteiger partial charge in [0.05, 0.1) is 12.2 Å². The van der Waals surface area contributed by atoms with Gasteiger partial charge in [-0.3, -0.25) is 14.4 Å². The van der Waals surface area contributed by atoms with Crippen LogP contribution in [-0.2, 0) is 11.3 Å². The Morgan fingerprint density at radius 1 is 1.45 bits per heavy atom. The monoisotopic (exact) mass is 307 g/mol. The van der Waals surface area contributed by atoms with Crippen LogP contribution in [0.2, 0.25) is 0 Å². The summed E-state index contributed by atoms with van der Waals surface area (Å²) in [5.74, 6) is 0.132. The summed E-state index contributed by atoms with van der Waals surface area (Å²) >= 11 is 0. The first-order valence-corrected chi connectivity index (χ1v) is 8.12. The first-order valence-electron chi connectivity index (χ1n) is 8.12. The van der Waals surface area contributed by atoms with E-state index in [1.165, 1.54) is 5.69 Å². The molecule has 0 unspecified atom stereocenters. The van der Waals surface area contributed by atoms with Gasteiger partial charge in [0.2, 0.25) is 5.91 Å². The molecule has 1 fully saturated rings. The number of carbonyl (C=O) groups excluding carboxylic acids is 1. The predicted octanol–water partition coefficient (Wildman–Crippen LogP) is 0.642. The normalized spacial score (nSPS) is 19.0. The average Bonchev–Trinajstić information content (AvgIpc) is 3.02. The topological polar surface area (TPSA) is 53.4 Å². The Morgan fingerprint density at radius 2 is 2.23 bits per heavy atom. The second kappa shape index (κ2) is 7.74. The van der Waals surface area contributed by atoms with Gasteiger partial charge in [0.25, 0.3) is 0 Å². The third-order valence-electron chi connectivity index (χ3n) is 4.32. The molecule has 22 heavy (non-hydrogen) atoms. The molecule has 1 atom stereocenters. The Labute approximate surface area is 133 Å². The van der Waals surface area contributed by atoms with Crippen molar-refractivity contribution in [3.63, 3.8) is 0 Å². The predicted molar refractivity (Wildman–Crippen MR) is 87.9 cm³/mol. The Morgan fingerprint density at radius 3 is 2.82 bits per heavy atom. The molecule has 0 spiro atoms. The number of hydrogen-bond donors (Lipinski definition) is 1. The molecule has 124 valence electrons. The Kier molecular flexibility index (Phi) is 5.97. The zero-order chi connectivity index (χ0) is 16.1. The maximum atomic E-state index is 12.0. The van der Waals surface area contributed by atoms with Crippen molar-refractivity contribution in [2.75, 3.05) is 40.3 Å². The molecule has 1 aliphatic heterocycles. The molecule has 1 aromatic heterocycles. The standard InChI is InChI=1S/C16H29N5O/c1-13-10-14(2)21(18-13)8-5-7-17-16(22)12-20-9-6-15(11-20)19(3)4/h10,15H,5-9,11-12H2,1-4H3,(H,17,22)/t15-/m1/s1. The van der Waals surface area contributed by atoms with Crippen molar-refractivity contribution in [2.24, 2.45) is 0 Å². The summed E-state index contributed by atoms with van der Waals surface area (Å²) in [5, 5.41) is 7.44. The molecule has 6 nitrogen and oxygen atoms in total. The van der Waals surface area contributed by atoms with Crippen LogP contribution in [0.4, 0.5) is 0 Å². The van der Waals surface area contributed by atoms with Crippen molar-refractivity contribution in [3.05, 3.63) is 17.5 Å². The third kappa shape index (κ3) is 4.81. The van der Waals surface area contributed by atoms with E-state index in [4.69, 9.17) is 0 Å². The van der Waals surface area contributed by atoms with E-state index < -0.39 is 0 Å². The van der Waals surface area contributed by atoms with Crippen LogP contribution in [0.25, 0.3) is 0 Å². The number of nitrogens with one attached hydrogen (secondary N) is 1. The number of rotatable bonds is 7. The largest absolute Gasteiger partial charge is 0.355 e. The zero-order valence-corrected chi connectivity index (χ0v) is 14.3. The van der Waals surface area contributed by atoms with Gasteiger partial charge in [0, 0.05) is 37.9 Å². The van der Waals surface area contributed by atoms with Crippen molar-refractivity contribution < 1.29 is 4.79 Å². The highest BCUT2D eigenvalue weighted by Crippen LogP contribution is 2.12. The van der Waals surface area contributed by atoms with Gasteiger partial charge in [-0.25, -0.2) is 0 Å². The molecule has 0 bridgehead atoms. The molecule has 1 aromatic rings. The minimum Gasteiger partial charge on any atom is -0.355 e. The van der Waals surface area contributed by atoms with E-state index in [1.807, 2.05) is 11.6 Å². The van der Waals surface area contributed by atoms with Gasteiger partial charge in [-0.15, -0.1) is 0 Å². The molecule has 1 N–H and O–H groups in total. The zero-order valence-electron chi connectivity index (χ0n) is 14.3. The molecular weight excluding hydrogens is 278 g/mol. The highest BCUT2D eigenvalue weighted by molar-refractivity contribution is 5.78. The molecule has 0 saturated carbocycles. The molecule has 2 rings (SSSR count). The van der Waals surface area contributed by atoms with Gasteiger partial charge < -0.3 is 10.2 Å². The van der Waals surface area contributed by atoms with E-state index in [0.717, 1.165) is 38.2 Å². The van der Waals surface area contributed by atoms with E-state index in [-0.39, 0.29) is 5.91 Å². The fraction of sp³-hybridized carbons (Fsp3) is 0.750. The van der Waals surface area contributed by atoms with E-state index in [2.05, 4.69) is 47.3 Å². The van der Waals surface area contributed by atoms with E-state index in [9.17, 15) is 4.79 Å². The second-order valence-electron chi connectivity index (χ2n) is 6.49. The van der Waals surface area contributed by atoms with Crippen LogP contribution in [0, 0.1) is 13.8 Å². The summed E-state index contributed by atoms with van der Waals surface area (Å²) in [6, 6.07) is 2.66. The van der Waals surface area contributed by atoms with E-state index in [1.54, 1.807) is 0 Å². The summed E-state index contributed by atoms with van der Waals surface area (Å²) in [5.41, 5.74) is 2.22. The first kappa shape index (κ1) is 17.0. The van der Waals surface area contributed by atoms with Crippen molar-refractivity contribution in [3.8, 4) is 0 Å². The quantitative estimate of drug-likeness (QED) is 0.751. The van der Waals surface area contributed by atoms with Crippen LogP contribution in [-0.4, -0.2) is 71.8 Å². The van der Waals surface area contributed by atoms with Crippen LogP contribution in [0.5, 0.6) is 0 Å². The Hall–Kier alpha value is -1.40. The van der Waals surface area contributed by atoms with Gasteiger partial charge in [0.15, 0.2) is 0 Å². The lowest BCUT2D eigenvalue weighted by molar-refractivity contribution is -0.122. The number of likely N-dealkylation sites (tertiary alicyclic amines) is 1. The van der Waals surface area contributed by atoms with Gasteiger partial charge in [-0.1, -0.05) is 0 Å². The Balaban J connectivity index is 1.61. The van der Waals surface area contributed by atoms with Gasteiger partial charge >= 0.3 is 0 Å². The molecule has 1 aliphatic rings. The summed E-state index contributed by atoms with van der Waals surface area (Å²) in [6.45, 7) is 8.16. The average molecular weight is 307 g/mol.